The number of Topliss-reactive ketones (excluding diaryl/α,β-unsaturated/α-hetero) is 1. The van der Waals surface area contributed by atoms with E-state index in [1.165, 1.54) is 25.8 Å². The summed E-state index contributed by atoms with van der Waals surface area (Å²) in [6.07, 6.45) is 3.19. The van der Waals surface area contributed by atoms with Crippen LogP contribution in [0.3, 0.4) is 0 Å². The standard InChI is InChI=1S/C22H25N3O5S/c1-14(26)16-7-8-19(20(10-16)28-2)30-12-17(27)13-31-22-24-23-21(15-5-6-15)25(22)11-18-4-3-9-29-18/h3-4,7-10,15,17,27H,5-6,11-13H2,1-2H3. The van der Waals surface area contributed by atoms with Gasteiger partial charge in [0.1, 0.15) is 18.2 Å². The molecule has 1 saturated carbocycles. The van der Waals surface area contributed by atoms with E-state index >= 15 is 0 Å². The molecule has 0 aliphatic heterocycles. The number of carbonyl (C=O) groups is 1. The van der Waals surface area contributed by atoms with E-state index in [-0.39, 0.29) is 12.4 Å². The molecule has 164 valence electrons. The Kier molecular flexibility index (Phi) is 6.62. The van der Waals surface area contributed by atoms with E-state index in [9.17, 15) is 9.90 Å². The van der Waals surface area contributed by atoms with Crippen LogP contribution in [0.4, 0.5) is 0 Å². The van der Waals surface area contributed by atoms with Gasteiger partial charge in [-0.3, -0.25) is 9.36 Å². The van der Waals surface area contributed by atoms with E-state index in [1.54, 1.807) is 24.5 Å². The number of aliphatic hydroxyl groups is 1. The summed E-state index contributed by atoms with van der Waals surface area (Å²) in [5, 5.41) is 19.9. The molecule has 1 aliphatic carbocycles. The van der Waals surface area contributed by atoms with Crippen molar-refractivity contribution in [1.29, 1.82) is 0 Å². The Bertz CT molecular complexity index is 1030. The van der Waals surface area contributed by atoms with Crippen LogP contribution in [0.15, 0.2) is 46.2 Å². The quantitative estimate of drug-likeness (QED) is 0.355. The molecule has 1 N–H and O–H groups in total. The average molecular weight is 444 g/mol. The first-order chi connectivity index (χ1) is 15.0. The van der Waals surface area contributed by atoms with Gasteiger partial charge in [0.2, 0.25) is 0 Å². The summed E-state index contributed by atoms with van der Waals surface area (Å²) < 4.78 is 18.6. The molecule has 0 amide bonds. The molecule has 0 radical (unpaired) electrons. The summed E-state index contributed by atoms with van der Waals surface area (Å²) in [5.74, 6) is 3.55. The first-order valence-corrected chi connectivity index (χ1v) is 11.1. The second kappa shape index (κ2) is 9.57. The van der Waals surface area contributed by atoms with Gasteiger partial charge in [-0.15, -0.1) is 10.2 Å². The maximum absolute atomic E-state index is 11.5. The molecule has 2 heterocycles. The zero-order valence-corrected chi connectivity index (χ0v) is 18.3. The van der Waals surface area contributed by atoms with Crippen molar-refractivity contribution < 1.29 is 23.8 Å². The number of carbonyl (C=O) groups excluding carboxylic acids is 1. The summed E-state index contributed by atoms with van der Waals surface area (Å²) in [6.45, 7) is 2.15. The van der Waals surface area contributed by atoms with Gasteiger partial charge >= 0.3 is 0 Å². The van der Waals surface area contributed by atoms with Gasteiger partial charge in [-0.25, -0.2) is 0 Å². The van der Waals surface area contributed by atoms with E-state index in [2.05, 4.69) is 14.8 Å². The van der Waals surface area contributed by atoms with Crippen molar-refractivity contribution in [2.75, 3.05) is 19.5 Å². The number of ketones is 1. The van der Waals surface area contributed by atoms with Gasteiger partial charge in [-0.1, -0.05) is 11.8 Å². The topological polar surface area (TPSA) is 99.6 Å². The van der Waals surface area contributed by atoms with Gasteiger partial charge in [-0.2, -0.15) is 0 Å². The molecule has 1 aromatic carbocycles. The minimum Gasteiger partial charge on any atom is -0.493 e. The van der Waals surface area contributed by atoms with Crippen molar-refractivity contribution in [2.24, 2.45) is 0 Å². The van der Waals surface area contributed by atoms with E-state index in [0.29, 0.717) is 35.3 Å². The zero-order valence-electron chi connectivity index (χ0n) is 17.5. The van der Waals surface area contributed by atoms with Crippen LogP contribution in [0, 0.1) is 0 Å². The molecular weight excluding hydrogens is 418 g/mol. The lowest BCUT2D eigenvalue weighted by atomic mass is 10.1. The van der Waals surface area contributed by atoms with Gasteiger partial charge in [0.15, 0.2) is 22.4 Å². The number of rotatable bonds is 11. The molecule has 0 bridgehead atoms. The maximum atomic E-state index is 11.5. The first kappa shape index (κ1) is 21.5. The van der Waals surface area contributed by atoms with E-state index < -0.39 is 6.10 Å². The lowest BCUT2D eigenvalue weighted by Crippen LogP contribution is -2.20. The summed E-state index contributed by atoms with van der Waals surface area (Å²) in [6, 6.07) is 8.78. The minimum absolute atomic E-state index is 0.0505. The van der Waals surface area contributed by atoms with Gasteiger partial charge in [0.05, 0.1) is 26.0 Å². The minimum atomic E-state index is -0.722. The van der Waals surface area contributed by atoms with Crippen LogP contribution in [-0.4, -0.2) is 51.2 Å². The van der Waals surface area contributed by atoms with E-state index in [1.807, 2.05) is 12.1 Å². The molecule has 2 aromatic heterocycles. The van der Waals surface area contributed by atoms with Crippen LogP contribution >= 0.6 is 11.8 Å². The van der Waals surface area contributed by atoms with Crippen LogP contribution in [-0.2, 0) is 6.54 Å². The number of aromatic nitrogens is 3. The number of furan rings is 1. The van der Waals surface area contributed by atoms with Crippen LogP contribution in [0.2, 0.25) is 0 Å². The fourth-order valence-corrected chi connectivity index (χ4v) is 4.02. The van der Waals surface area contributed by atoms with Crippen LogP contribution in [0.25, 0.3) is 0 Å². The molecular formula is C22H25N3O5S. The Balaban J connectivity index is 1.36. The van der Waals surface area contributed by atoms with Crippen molar-refractivity contribution in [2.45, 2.75) is 43.5 Å². The molecule has 1 unspecified atom stereocenters. The molecule has 9 heteroatoms. The molecule has 0 spiro atoms. The van der Waals surface area contributed by atoms with Gasteiger partial charge in [0.25, 0.3) is 0 Å². The first-order valence-electron chi connectivity index (χ1n) is 10.1. The Morgan fingerprint density at radius 1 is 1.32 bits per heavy atom. The third kappa shape index (κ3) is 5.29. The SMILES string of the molecule is COc1cc(C(C)=O)ccc1OCC(O)CSc1nnc(C2CC2)n1Cc1ccco1. The fraction of sp³-hybridized carbons (Fsp3) is 0.409. The van der Waals surface area contributed by atoms with E-state index in [0.717, 1.165) is 29.6 Å². The number of hydrogen-bond donors (Lipinski definition) is 1. The normalized spacial score (nSPS) is 14.4. The predicted octanol–water partition coefficient (Wildman–Crippen LogP) is 3.54. The Morgan fingerprint density at radius 2 is 2.16 bits per heavy atom. The average Bonchev–Trinajstić information content (AvgIpc) is 3.33. The molecule has 4 rings (SSSR count). The second-order valence-corrected chi connectivity index (χ2v) is 8.47. The molecule has 1 atom stereocenters. The van der Waals surface area contributed by atoms with Crippen molar-refractivity contribution >= 4 is 17.5 Å². The summed E-state index contributed by atoms with van der Waals surface area (Å²) >= 11 is 1.44. The largest absolute Gasteiger partial charge is 0.493 e. The number of ether oxygens (including phenoxy) is 2. The summed E-state index contributed by atoms with van der Waals surface area (Å²) in [7, 11) is 1.52. The highest BCUT2D eigenvalue weighted by atomic mass is 32.2. The van der Waals surface area contributed by atoms with Crippen LogP contribution in [0.1, 0.15) is 47.6 Å². The van der Waals surface area contributed by atoms with Gasteiger partial charge < -0.3 is 19.0 Å². The Hall–Kier alpha value is -2.78. The number of aliphatic hydroxyl groups excluding tert-OH is 1. The third-order valence-electron chi connectivity index (χ3n) is 4.99. The molecule has 3 aromatic rings. The number of methoxy groups -OCH3 is 1. The monoisotopic (exact) mass is 443 g/mol. The predicted molar refractivity (Wildman–Crippen MR) is 115 cm³/mol. The van der Waals surface area contributed by atoms with Crippen LogP contribution in [0.5, 0.6) is 11.5 Å². The van der Waals surface area contributed by atoms with Crippen LogP contribution < -0.4 is 9.47 Å². The Morgan fingerprint density at radius 3 is 2.84 bits per heavy atom. The number of hydrogen-bond acceptors (Lipinski definition) is 8. The van der Waals surface area contributed by atoms with Gasteiger partial charge in [0, 0.05) is 17.2 Å². The molecule has 1 fully saturated rings. The van der Waals surface area contributed by atoms with E-state index in [4.69, 9.17) is 13.9 Å². The second-order valence-electron chi connectivity index (χ2n) is 7.48. The number of nitrogens with zero attached hydrogens (tertiary/aromatic N) is 3. The molecule has 31 heavy (non-hydrogen) atoms. The molecule has 1 aliphatic rings. The van der Waals surface area contributed by atoms with Gasteiger partial charge in [-0.05, 0) is 50.1 Å². The lowest BCUT2D eigenvalue weighted by Gasteiger charge is -2.15. The molecule has 0 saturated heterocycles. The Labute approximate surface area is 184 Å². The number of thioether (sulfide) groups is 1. The zero-order chi connectivity index (χ0) is 21.8. The molecule has 8 nitrogen and oxygen atoms in total. The van der Waals surface area contributed by atoms with Crippen molar-refractivity contribution in [1.82, 2.24) is 14.8 Å². The summed E-state index contributed by atoms with van der Waals surface area (Å²) in [4.78, 5) is 11.5. The maximum Gasteiger partial charge on any atom is 0.191 e. The fourth-order valence-electron chi connectivity index (χ4n) is 3.17. The highest BCUT2D eigenvalue weighted by Gasteiger charge is 2.30. The summed E-state index contributed by atoms with van der Waals surface area (Å²) in [5.41, 5.74) is 0.544. The highest BCUT2D eigenvalue weighted by molar-refractivity contribution is 7.99. The van der Waals surface area contributed by atoms with Crippen molar-refractivity contribution in [3.05, 3.63) is 53.7 Å². The number of benzene rings is 1. The van der Waals surface area contributed by atoms with Crippen molar-refractivity contribution in [3.8, 4) is 11.5 Å². The smallest absolute Gasteiger partial charge is 0.191 e. The highest BCUT2D eigenvalue weighted by Crippen LogP contribution is 2.40. The van der Waals surface area contributed by atoms with Crippen molar-refractivity contribution in [3.63, 3.8) is 0 Å². The third-order valence-corrected chi connectivity index (χ3v) is 6.10. The lowest BCUT2D eigenvalue weighted by molar-refractivity contribution is 0.101.